The van der Waals surface area contributed by atoms with Crippen LogP contribution in [0.15, 0.2) is 20.9 Å². The minimum absolute atomic E-state index is 0.160. The van der Waals surface area contributed by atoms with E-state index >= 15 is 0 Å². The van der Waals surface area contributed by atoms with E-state index in [1.807, 2.05) is 18.4 Å². The summed E-state index contributed by atoms with van der Waals surface area (Å²) in [6.07, 6.45) is 0. The van der Waals surface area contributed by atoms with Crippen LogP contribution in [0.5, 0.6) is 0 Å². The second kappa shape index (κ2) is 9.17. The molecule has 0 aromatic carbocycles. The summed E-state index contributed by atoms with van der Waals surface area (Å²) in [7, 11) is 1.87. The molecule has 0 atom stereocenters. The fraction of sp³-hybridized carbons (Fsp3) is 0.706. The van der Waals surface area contributed by atoms with E-state index in [9.17, 15) is 0 Å². The molecule has 1 fully saturated rings. The Morgan fingerprint density at radius 1 is 1.21 bits per heavy atom. The largest absolute Gasteiger partial charge is 0.355 e. The third kappa shape index (κ3) is 6.70. The van der Waals surface area contributed by atoms with Crippen LogP contribution >= 0.6 is 27.3 Å². The van der Waals surface area contributed by atoms with Crippen molar-refractivity contribution in [1.82, 2.24) is 20.4 Å². The first kappa shape index (κ1) is 19.7. The first-order valence-corrected chi connectivity index (χ1v) is 10.2. The fourth-order valence-electron chi connectivity index (χ4n) is 2.72. The van der Waals surface area contributed by atoms with Gasteiger partial charge in [-0.2, -0.15) is 0 Å². The van der Waals surface area contributed by atoms with Crippen LogP contribution in [0.4, 0.5) is 0 Å². The van der Waals surface area contributed by atoms with Crippen LogP contribution in [-0.4, -0.2) is 67.6 Å². The summed E-state index contributed by atoms with van der Waals surface area (Å²) in [5.41, 5.74) is 0.160. The molecule has 136 valence electrons. The highest BCUT2D eigenvalue weighted by molar-refractivity contribution is 9.11. The van der Waals surface area contributed by atoms with Gasteiger partial charge < -0.3 is 15.5 Å². The number of guanidine groups is 1. The Bertz CT molecular complexity index is 529. The van der Waals surface area contributed by atoms with Crippen molar-refractivity contribution in [1.29, 1.82) is 0 Å². The molecule has 0 bridgehead atoms. The van der Waals surface area contributed by atoms with Crippen molar-refractivity contribution in [3.05, 3.63) is 20.8 Å². The molecule has 24 heavy (non-hydrogen) atoms. The molecule has 1 saturated heterocycles. The zero-order valence-electron chi connectivity index (χ0n) is 15.2. The number of nitrogens with one attached hydrogen (secondary N) is 2. The topological polar surface area (TPSA) is 42.9 Å². The van der Waals surface area contributed by atoms with E-state index in [0.29, 0.717) is 0 Å². The summed E-state index contributed by atoms with van der Waals surface area (Å²) < 4.78 is 1.21. The second-order valence-electron chi connectivity index (χ2n) is 7.12. The molecule has 7 heteroatoms. The van der Waals surface area contributed by atoms with Gasteiger partial charge >= 0.3 is 0 Å². The predicted molar refractivity (Wildman–Crippen MR) is 108 cm³/mol. The number of rotatable bonds is 5. The summed E-state index contributed by atoms with van der Waals surface area (Å²) >= 11 is 5.37. The van der Waals surface area contributed by atoms with E-state index in [1.165, 1.54) is 8.66 Å². The van der Waals surface area contributed by atoms with E-state index in [2.05, 4.69) is 74.3 Å². The summed E-state index contributed by atoms with van der Waals surface area (Å²) in [4.78, 5) is 10.7. The number of aliphatic imine (C=N–C) groups is 1. The molecule has 0 spiro atoms. The lowest BCUT2D eigenvalue weighted by molar-refractivity contribution is 0.173. The Kier molecular flexibility index (Phi) is 7.53. The number of piperazine rings is 1. The highest BCUT2D eigenvalue weighted by Gasteiger charge is 2.20. The van der Waals surface area contributed by atoms with E-state index in [0.717, 1.165) is 51.8 Å². The molecule has 0 aliphatic carbocycles. The molecule has 1 aliphatic heterocycles. The molecule has 2 N–H and O–H groups in total. The number of halogens is 1. The number of hydrogen-bond acceptors (Lipinski definition) is 4. The van der Waals surface area contributed by atoms with Crippen molar-refractivity contribution in [3.8, 4) is 0 Å². The molecule has 0 unspecified atom stereocenters. The highest BCUT2D eigenvalue weighted by atomic mass is 79.9. The van der Waals surface area contributed by atoms with Crippen molar-refractivity contribution in [2.24, 2.45) is 4.99 Å². The van der Waals surface area contributed by atoms with Crippen LogP contribution in [0, 0.1) is 0 Å². The molecule has 0 amide bonds. The van der Waals surface area contributed by atoms with E-state index in [1.54, 1.807) is 0 Å². The van der Waals surface area contributed by atoms with Gasteiger partial charge in [-0.15, -0.1) is 11.3 Å². The fourth-order valence-corrected chi connectivity index (χ4v) is 4.24. The van der Waals surface area contributed by atoms with Gasteiger partial charge in [0.05, 0.1) is 3.79 Å². The lowest BCUT2D eigenvalue weighted by Gasteiger charge is -2.36. The van der Waals surface area contributed by atoms with Gasteiger partial charge in [0.25, 0.3) is 0 Å². The van der Waals surface area contributed by atoms with Gasteiger partial charge in [-0.05, 0) is 48.8 Å². The lowest BCUT2D eigenvalue weighted by atomic mass is 10.1. The minimum Gasteiger partial charge on any atom is -0.355 e. The number of hydrogen-bond donors (Lipinski definition) is 2. The normalized spacial score (nSPS) is 17.4. The Morgan fingerprint density at radius 2 is 1.92 bits per heavy atom. The minimum atomic E-state index is 0.160. The van der Waals surface area contributed by atoms with Gasteiger partial charge in [0.1, 0.15) is 0 Å². The first-order chi connectivity index (χ1) is 11.4. The zero-order valence-corrected chi connectivity index (χ0v) is 17.6. The van der Waals surface area contributed by atoms with Gasteiger partial charge in [-0.3, -0.25) is 9.89 Å². The van der Waals surface area contributed by atoms with Crippen molar-refractivity contribution in [3.63, 3.8) is 0 Å². The van der Waals surface area contributed by atoms with Gasteiger partial charge in [0.2, 0.25) is 0 Å². The Balaban J connectivity index is 1.71. The average molecular weight is 416 g/mol. The average Bonchev–Trinajstić information content (AvgIpc) is 2.92. The molecule has 5 nitrogen and oxygen atoms in total. The Hall–Kier alpha value is -0.630. The second-order valence-corrected chi connectivity index (χ2v) is 9.67. The smallest absolute Gasteiger partial charge is 0.193 e. The molecular formula is C17H30BrN5S. The molecule has 2 rings (SSSR count). The van der Waals surface area contributed by atoms with Crippen LogP contribution in [0.1, 0.15) is 25.6 Å². The summed E-state index contributed by atoms with van der Waals surface area (Å²) in [6.45, 7) is 13.7. The Morgan fingerprint density at radius 3 is 2.46 bits per heavy atom. The van der Waals surface area contributed by atoms with Crippen molar-refractivity contribution in [2.45, 2.75) is 32.9 Å². The third-order valence-electron chi connectivity index (χ3n) is 3.96. The van der Waals surface area contributed by atoms with Crippen molar-refractivity contribution in [2.75, 3.05) is 46.3 Å². The third-order valence-corrected chi connectivity index (χ3v) is 5.56. The quantitative estimate of drug-likeness (QED) is 0.440. The van der Waals surface area contributed by atoms with Crippen molar-refractivity contribution >= 4 is 33.2 Å². The van der Waals surface area contributed by atoms with Crippen LogP contribution in [0.25, 0.3) is 0 Å². The lowest BCUT2D eigenvalue weighted by Crippen LogP contribution is -2.53. The molecule has 2 heterocycles. The van der Waals surface area contributed by atoms with Crippen LogP contribution < -0.4 is 10.6 Å². The highest BCUT2D eigenvalue weighted by Crippen LogP contribution is 2.23. The standard InChI is InChI=1S/C17H30BrN5S/c1-17(2,3)21-8-7-20-16(19-4)23-11-9-22(10-12-23)13-14-5-6-15(18)24-14/h5-6,21H,7-13H2,1-4H3,(H,19,20). The van der Waals surface area contributed by atoms with Crippen LogP contribution in [0.3, 0.4) is 0 Å². The maximum atomic E-state index is 4.44. The maximum absolute atomic E-state index is 4.44. The van der Waals surface area contributed by atoms with E-state index < -0.39 is 0 Å². The summed E-state index contributed by atoms with van der Waals surface area (Å²) in [5.74, 6) is 1.02. The van der Waals surface area contributed by atoms with E-state index in [-0.39, 0.29) is 5.54 Å². The molecule has 0 saturated carbocycles. The van der Waals surface area contributed by atoms with Crippen LogP contribution in [-0.2, 0) is 6.54 Å². The SMILES string of the molecule is CN=C(NCCNC(C)(C)C)N1CCN(Cc2ccc(Br)s2)CC1. The van der Waals surface area contributed by atoms with Crippen LogP contribution in [0.2, 0.25) is 0 Å². The van der Waals surface area contributed by atoms with Crippen molar-refractivity contribution < 1.29 is 0 Å². The molecule has 1 aliphatic rings. The van der Waals surface area contributed by atoms with E-state index in [4.69, 9.17) is 0 Å². The Labute approximate surface area is 158 Å². The molecule has 0 radical (unpaired) electrons. The summed E-state index contributed by atoms with van der Waals surface area (Å²) in [5, 5.41) is 6.96. The summed E-state index contributed by atoms with van der Waals surface area (Å²) in [6, 6.07) is 4.34. The molecule has 1 aromatic rings. The number of nitrogens with zero attached hydrogens (tertiary/aromatic N) is 3. The van der Waals surface area contributed by atoms with Gasteiger partial charge in [0, 0.05) is 63.3 Å². The zero-order chi connectivity index (χ0) is 17.6. The first-order valence-electron chi connectivity index (χ1n) is 8.54. The van der Waals surface area contributed by atoms with Gasteiger partial charge in [-0.25, -0.2) is 0 Å². The predicted octanol–water partition coefficient (Wildman–Crippen LogP) is 2.59. The molecular weight excluding hydrogens is 386 g/mol. The maximum Gasteiger partial charge on any atom is 0.193 e. The van der Waals surface area contributed by atoms with Gasteiger partial charge in [-0.1, -0.05) is 0 Å². The number of thiophene rings is 1. The van der Waals surface area contributed by atoms with Gasteiger partial charge in [0.15, 0.2) is 5.96 Å². The molecule has 1 aromatic heterocycles. The monoisotopic (exact) mass is 415 g/mol.